The lowest BCUT2D eigenvalue weighted by Crippen LogP contribution is -2.44. The fraction of sp³-hybridized carbons (Fsp3) is 0.280. The maximum Gasteiger partial charge on any atom is 0.231 e. The summed E-state index contributed by atoms with van der Waals surface area (Å²) in [6, 6.07) is 18.9. The molecular formula is C25H25F2N3O. The number of carbonyl (C=O) groups excluding carboxylic acids is 1. The Kier molecular flexibility index (Phi) is 6.67. The van der Waals surface area contributed by atoms with Crippen LogP contribution in [0.1, 0.15) is 24.1 Å². The first-order chi connectivity index (χ1) is 15.1. The summed E-state index contributed by atoms with van der Waals surface area (Å²) in [6.45, 7) is 2.44. The highest BCUT2D eigenvalue weighted by Gasteiger charge is 2.31. The van der Waals surface area contributed by atoms with Crippen molar-refractivity contribution in [2.24, 2.45) is 5.92 Å². The van der Waals surface area contributed by atoms with Gasteiger partial charge in [0.15, 0.2) is 0 Å². The van der Waals surface area contributed by atoms with Gasteiger partial charge in [0.2, 0.25) is 5.91 Å². The molecule has 1 aromatic heterocycles. The molecule has 2 heterocycles. The van der Waals surface area contributed by atoms with Gasteiger partial charge >= 0.3 is 0 Å². The van der Waals surface area contributed by atoms with Crippen LogP contribution in [0.15, 0.2) is 72.9 Å². The Morgan fingerprint density at radius 1 is 1.06 bits per heavy atom. The lowest BCUT2D eigenvalue weighted by atomic mass is 9.95. The van der Waals surface area contributed by atoms with Crippen molar-refractivity contribution >= 4 is 11.6 Å². The number of amides is 1. The van der Waals surface area contributed by atoms with Gasteiger partial charge in [0.05, 0.1) is 23.8 Å². The Hall–Kier alpha value is -3.12. The van der Waals surface area contributed by atoms with Gasteiger partial charge in [-0.05, 0) is 49.2 Å². The number of piperidine rings is 1. The normalized spacial score (nSPS) is 16.8. The number of benzene rings is 2. The van der Waals surface area contributed by atoms with Crippen LogP contribution >= 0.6 is 0 Å². The first-order valence-corrected chi connectivity index (χ1v) is 10.5. The van der Waals surface area contributed by atoms with Gasteiger partial charge in [-0.1, -0.05) is 36.4 Å². The predicted octanol–water partition coefficient (Wildman–Crippen LogP) is 4.81. The summed E-state index contributed by atoms with van der Waals surface area (Å²) in [5.74, 6) is -1.83. The molecule has 1 fully saturated rings. The zero-order chi connectivity index (χ0) is 21.6. The van der Waals surface area contributed by atoms with Crippen molar-refractivity contribution in [3.63, 3.8) is 0 Å². The van der Waals surface area contributed by atoms with Crippen LogP contribution in [0.3, 0.4) is 0 Å². The second-order valence-electron chi connectivity index (χ2n) is 7.90. The van der Waals surface area contributed by atoms with Crippen molar-refractivity contribution in [2.45, 2.75) is 25.9 Å². The lowest BCUT2D eigenvalue weighted by molar-refractivity contribution is -0.124. The monoisotopic (exact) mass is 421 g/mol. The molecular weight excluding hydrogens is 396 g/mol. The van der Waals surface area contributed by atoms with Crippen molar-refractivity contribution in [3.8, 4) is 0 Å². The van der Waals surface area contributed by atoms with Crippen molar-refractivity contribution in [3.05, 3.63) is 95.8 Å². The van der Waals surface area contributed by atoms with E-state index >= 15 is 0 Å². The van der Waals surface area contributed by atoms with Crippen molar-refractivity contribution in [1.82, 2.24) is 9.88 Å². The van der Waals surface area contributed by atoms with E-state index in [1.54, 1.807) is 18.3 Å². The van der Waals surface area contributed by atoms with E-state index in [4.69, 9.17) is 0 Å². The van der Waals surface area contributed by atoms with Gasteiger partial charge in [0, 0.05) is 25.4 Å². The van der Waals surface area contributed by atoms with E-state index in [0.717, 1.165) is 32.0 Å². The molecule has 1 aliphatic heterocycles. The molecule has 31 heavy (non-hydrogen) atoms. The van der Waals surface area contributed by atoms with E-state index in [0.29, 0.717) is 12.2 Å². The van der Waals surface area contributed by atoms with Crippen LogP contribution in [0.25, 0.3) is 0 Å². The zero-order valence-corrected chi connectivity index (χ0v) is 17.3. The number of anilines is 1. The van der Waals surface area contributed by atoms with Gasteiger partial charge < -0.3 is 4.90 Å². The fourth-order valence-electron chi connectivity index (χ4n) is 4.10. The Morgan fingerprint density at radius 3 is 2.61 bits per heavy atom. The van der Waals surface area contributed by atoms with E-state index in [-0.39, 0.29) is 24.1 Å². The van der Waals surface area contributed by atoms with E-state index in [1.165, 1.54) is 22.6 Å². The molecule has 1 aliphatic rings. The topological polar surface area (TPSA) is 36.4 Å². The molecule has 6 heteroatoms. The number of pyridine rings is 1. The summed E-state index contributed by atoms with van der Waals surface area (Å²) in [7, 11) is 0. The van der Waals surface area contributed by atoms with Crippen LogP contribution in [0, 0.1) is 17.6 Å². The highest BCUT2D eigenvalue weighted by molar-refractivity contribution is 5.95. The second kappa shape index (κ2) is 9.79. The lowest BCUT2D eigenvalue weighted by Gasteiger charge is -2.35. The SMILES string of the molecule is O=C(C1CCCN(Cc2ccccc2)C1)N(Cc1ccccn1)c1ccc(F)cc1F. The van der Waals surface area contributed by atoms with Gasteiger partial charge in [-0.3, -0.25) is 14.7 Å². The molecule has 1 amide bonds. The molecule has 0 aliphatic carbocycles. The zero-order valence-electron chi connectivity index (χ0n) is 17.3. The quantitative estimate of drug-likeness (QED) is 0.573. The van der Waals surface area contributed by atoms with E-state index in [2.05, 4.69) is 22.0 Å². The van der Waals surface area contributed by atoms with Crippen LogP contribution in [0.5, 0.6) is 0 Å². The molecule has 2 aromatic carbocycles. The summed E-state index contributed by atoms with van der Waals surface area (Å²) >= 11 is 0. The molecule has 4 nitrogen and oxygen atoms in total. The molecule has 0 spiro atoms. The fourth-order valence-corrected chi connectivity index (χ4v) is 4.10. The van der Waals surface area contributed by atoms with Gasteiger partial charge in [0.1, 0.15) is 11.6 Å². The Labute approximate surface area is 181 Å². The third-order valence-corrected chi connectivity index (χ3v) is 5.62. The number of aromatic nitrogens is 1. The highest BCUT2D eigenvalue weighted by atomic mass is 19.1. The molecule has 160 valence electrons. The molecule has 1 unspecified atom stereocenters. The Balaban J connectivity index is 1.55. The largest absolute Gasteiger partial charge is 0.303 e. The summed E-state index contributed by atoms with van der Waals surface area (Å²) in [6.07, 6.45) is 3.28. The van der Waals surface area contributed by atoms with E-state index < -0.39 is 11.6 Å². The number of hydrogen-bond donors (Lipinski definition) is 0. The van der Waals surface area contributed by atoms with Crippen molar-refractivity contribution in [1.29, 1.82) is 0 Å². The number of nitrogens with zero attached hydrogens (tertiary/aromatic N) is 3. The average molecular weight is 421 g/mol. The first kappa shape index (κ1) is 21.1. The van der Waals surface area contributed by atoms with Crippen LogP contribution < -0.4 is 4.90 Å². The Bertz CT molecular complexity index is 1010. The molecule has 1 atom stereocenters. The summed E-state index contributed by atoms with van der Waals surface area (Å²) in [5, 5.41) is 0. The molecule has 4 rings (SSSR count). The number of rotatable bonds is 6. The van der Waals surface area contributed by atoms with Crippen LogP contribution in [-0.4, -0.2) is 28.9 Å². The first-order valence-electron chi connectivity index (χ1n) is 10.5. The molecule has 0 saturated carbocycles. The average Bonchev–Trinajstić information content (AvgIpc) is 2.79. The van der Waals surface area contributed by atoms with Crippen LogP contribution in [-0.2, 0) is 17.9 Å². The maximum absolute atomic E-state index is 14.6. The van der Waals surface area contributed by atoms with Gasteiger partial charge in [-0.15, -0.1) is 0 Å². The number of halogens is 2. The minimum absolute atomic E-state index is 0.0808. The van der Waals surface area contributed by atoms with Crippen LogP contribution in [0.4, 0.5) is 14.5 Å². The third kappa shape index (κ3) is 5.33. The molecule has 0 N–H and O–H groups in total. The minimum atomic E-state index is -0.749. The molecule has 0 radical (unpaired) electrons. The van der Waals surface area contributed by atoms with Crippen molar-refractivity contribution < 1.29 is 13.6 Å². The van der Waals surface area contributed by atoms with Crippen LogP contribution in [0.2, 0.25) is 0 Å². The maximum atomic E-state index is 14.6. The Morgan fingerprint density at radius 2 is 1.87 bits per heavy atom. The molecule has 3 aromatic rings. The van der Waals surface area contributed by atoms with Gasteiger partial charge in [-0.2, -0.15) is 0 Å². The molecule has 0 bridgehead atoms. The summed E-state index contributed by atoms with van der Waals surface area (Å²) < 4.78 is 28.1. The van der Waals surface area contributed by atoms with Crippen molar-refractivity contribution in [2.75, 3.05) is 18.0 Å². The number of carbonyl (C=O) groups is 1. The van der Waals surface area contributed by atoms with Gasteiger partial charge in [0.25, 0.3) is 0 Å². The number of likely N-dealkylation sites (tertiary alicyclic amines) is 1. The smallest absolute Gasteiger partial charge is 0.231 e. The van der Waals surface area contributed by atoms with E-state index in [1.807, 2.05) is 24.3 Å². The molecule has 1 saturated heterocycles. The highest BCUT2D eigenvalue weighted by Crippen LogP contribution is 2.27. The van der Waals surface area contributed by atoms with Gasteiger partial charge in [-0.25, -0.2) is 8.78 Å². The summed E-state index contributed by atoms with van der Waals surface area (Å²) in [5.41, 5.74) is 1.93. The predicted molar refractivity (Wildman–Crippen MR) is 116 cm³/mol. The van der Waals surface area contributed by atoms with E-state index in [9.17, 15) is 13.6 Å². The summed E-state index contributed by atoms with van der Waals surface area (Å²) in [4.78, 5) is 21.5. The second-order valence-corrected chi connectivity index (χ2v) is 7.90. The minimum Gasteiger partial charge on any atom is -0.303 e. The third-order valence-electron chi connectivity index (χ3n) is 5.62. The standard InChI is InChI=1S/C25H25F2N3O/c26-21-11-12-24(23(27)15-21)30(18-22-10-4-5-13-28-22)25(31)20-9-6-14-29(17-20)16-19-7-2-1-3-8-19/h1-5,7-8,10-13,15,20H,6,9,14,16-18H2. The number of hydrogen-bond acceptors (Lipinski definition) is 3.